The number of amides is 1. The molecule has 0 radical (unpaired) electrons. The van der Waals surface area contributed by atoms with Crippen LogP contribution in [-0.4, -0.2) is 44.0 Å². The Balaban J connectivity index is 2.08. The van der Waals surface area contributed by atoms with Gasteiger partial charge in [-0.1, -0.05) is 0 Å². The first-order valence-electron chi connectivity index (χ1n) is 6.04. The van der Waals surface area contributed by atoms with Gasteiger partial charge in [0.2, 0.25) is 5.91 Å². The van der Waals surface area contributed by atoms with Crippen molar-refractivity contribution >= 4 is 11.9 Å². The number of carboxylic acid groups (broad SMARTS) is 1. The van der Waals surface area contributed by atoms with E-state index in [0.29, 0.717) is 13.0 Å². The van der Waals surface area contributed by atoms with Gasteiger partial charge in [0.1, 0.15) is 6.54 Å². The molecular formula is C12H15N3O4. The number of rotatable bonds is 3. The van der Waals surface area contributed by atoms with Gasteiger partial charge in [-0.25, -0.2) is 9.78 Å². The quantitative estimate of drug-likeness (QED) is 0.800. The zero-order valence-electron chi connectivity index (χ0n) is 10.5. The van der Waals surface area contributed by atoms with Gasteiger partial charge in [0, 0.05) is 25.0 Å². The minimum Gasteiger partial charge on any atom is -0.481 e. The van der Waals surface area contributed by atoms with Crippen molar-refractivity contribution in [2.75, 3.05) is 6.54 Å². The Hall–Kier alpha value is -2.18. The predicted molar refractivity (Wildman–Crippen MR) is 65.4 cm³/mol. The number of carbonyl (C=O) groups is 2. The van der Waals surface area contributed by atoms with Crippen LogP contribution in [0.4, 0.5) is 0 Å². The van der Waals surface area contributed by atoms with Gasteiger partial charge < -0.3 is 10.0 Å². The van der Waals surface area contributed by atoms with Crippen molar-refractivity contribution in [1.82, 2.24) is 14.5 Å². The number of likely N-dealkylation sites (tertiary alicyclic amines) is 1. The average molecular weight is 265 g/mol. The first-order valence-corrected chi connectivity index (χ1v) is 6.04. The van der Waals surface area contributed by atoms with E-state index in [2.05, 4.69) is 4.98 Å². The van der Waals surface area contributed by atoms with E-state index >= 15 is 0 Å². The Morgan fingerprint density at radius 1 is 1.53 bits per heavy atom. The second-order valence-corrected chi connectivity index (χ2v) is 4.59. The lowest BCUT2D eigenvalue weighted by Crippen LogP contribution is -2.41. The lowest BCUT2D eigenvalue weighted by Gasteiger charge is -2.23. The third kappa shape index (κ3) is 2.64. The van der Waals surface area contributed by atoms with Crippen molar-refractivity contribution < 1.29 is 14.7 Å². The molecule has 1 aromatic rings. The molecule has 1 fully saturated rings. The molecule has 7 heteroatoms. The van der Waals surface area contributed by atoms with Crippen LogP contribution in [0.2, 0.25) is 0 Å². The predicted octanol–water partition coefficient (Wildman–Crippen LogP) is -0.435. The van der Waals surface area contributed by atoms with Crippen molar-refractivity contribution in [3.63, 3.8) is 0 Å². The number of nitrogens with zero attached hydrogens (tertiary/aromatic N) is 3. The summed E-state index contributed by atoms with van der Waals surface area (Å²) >= 11 is 0. The van der Waals surface area contributed by atoms with Gasteiger partial charge in [0.15, 0.2) is 0 Å². The molecule has 102 valence electrons. The van der Waals surface area contributed by atoms with E-state index in [4.69, 9.17) is 5.11 Å². The SMILES string of the molecule is CC1C(C(=O)O)CCN1C(=O)Cn1cccnc1=O. The molecular weight excluding hydrogens is 250 g/mol. The maximum absolute atomic E-state index is 12.1. The summed E-state index contributed by atoms with van der Waals surface area (Å²) in [6.45, 7) is 2.02. The van der Waals surface area contributed by atoms with Crippen molar-refractivity contribution in [2.45, 2.75) is 25.9 Å². The number of carboxylic acids is 1. The molecule has 0 aliphatic carbocycles. The lowest BCUT2D eigenvalue weighted by molar-refractivity contribution is -0.143. The number of aromatic nitrogens is 2. The van der Waals surface area contributed by atoms with Crippen LogP contribution in [0.5, 0.6) is 0 Å². The summed E-state index contributed by atoms with van der Waals surface area (Å²) in [5.41, 5.74) is -0.488. The van der Waals surface area contributed by atoms with Crippen molar-refractivity contribution in [1.29, 1.82) is 0 Å². The van der Waals surface area contributed by atoms with Crippen LogP contribution in [0.15, 0.2) is 23.3 Å². The van der Waals surface area contributed by atoms with E-state index in [-0.39, 0.29) is 18.5 Å². The molecule has 1 aromatic heterocycles. The first-order chi connectivity index (χ1) is 9.00. The number of carbonyl (C=O) groups excluding carboxylic acids is 1. The summed E-state index contributed by atoms with van der Waals surface area (Å²) in [6, 6.07) is 1.22. The maximum Gasteiger partial charge on any atom is 0.347 e. The van der Waals surface area contributed by atoms with Gasteiger partial charge in [-0.05, 0) is 19.4 Å². The molecule has 1 aliphatic rings. The van der Waals surface area contributed by atoms with Gasteiger partial charge in [0.05, 0.1) is 5.92 Å². The second kappa shape index (κ2) is 5.21. The molecule has 0 spiro atoms. The van der Waals surface area contributed by atoms with Crippen LogP contribution in [0, 0.1) is 5.92 Å². The zero-order chi connectivity index (χ0) is 14.0. The highest BCUT2D eigenvalue weighted by Gasteiger charge is 2.37. The van der Waals surface area contributed by atoms with E-state index in [1.54, 1.807) is 13.0 Å². The molecule has 1 amide bonds. The Morgan fingerprint density at radius 2 is 2.26 bits per heavy atom. The summed E-state index contributed by atoms with van der Waals surface area (Å²) in [4.78, 5) is 39.6. The molecule has 2 rings (SSSR count). The van der Waals surface area contributed by atoms with Crippen molar-refractivity contribution in [3.8, 4) is 0 Å². The smallest absolute Gasteiger partial charge is 0.347 e. The fraction of sp³-hybridized carbons (Fsp3) is 0.500. The van der Waals surface area contributed by atoms with E-state index in [9.17, 15) is 14.4 Å². The summed E-state index contributed by atoms with van der Waals surface area (Å²) in [5.74, 6) is -1.68. The van der Waals surface area contributed by atoms with E-state index in [1.165, 1.54) is 21.9 Å². The Bertz CT molecular complexity index is 554. The van der Waals surface area contributed by atoms with E-state index in [0.717, 1.165) is 0 Å². The van der Waals surface area contributed by atoms with E-state index < -0.39 is 17.6 Å². The third-order valence-corrected chi connectivity index (χ3v) is 3.48. The first kappa shape index (κ1) is 13.3. The maximum atomic E-state index is 12.1. The monoisotopic (exact) mass is 265 g/mol. The van der Waals surface area contributed by atoms with Crippen LogP contribution >= 0.6 is 0 Å². The highest BCUT2D eigenvalue weighted by molar-refractivity contribution is 5.79. The number of hydrogen-bond donors (Lipinski definition) is 1. The Labute approximate surface area is 109 Å². The molecule has 2 heterocycles. The van der Waals surface area contributed by atoms with Crippen molar-refractivity contribution in [3.05, 3.63) is 28.9 Å². The van der Waals surface area contributed by atoms with Crippen LogP contribution in [0.1, 0.15) is 13.3 Å². The van der Waals surface area contributed by atoms with Crippen molar-refractivity contribution in [2.24, 2.45) is 5.92 Å². The number of aliphatic carboxylic acids is 1. The largest absolute Gasteiger partial charge is 0.481 e. The molecule has 1 N–H and O–H groups in total. The minimum atomic E-state index is -0.888. The summed E-state index contributed by atoms with van der Waals surface area (Å²) in [5, 5.41) is 9.01. The molecule has 7 nitrogen and oxygen atoms in total. The fourth-order valence-corrected chi connectivity index (χ4v) is 2.37. The molecule has 1 saturated heterocycles. The van der Waals surface area contributed by atoms with Gasteiger partial charge in [-0.15, -0.1) is 0 Å². The van der Waals surface area contributed by atoms with Gasteiger partial charge in [-0.3, -0.25) is 14.2 Å². The normalized spacial score (nSPS) is 22.5. The fourth-order valence-electron chi connectivity index (χ4n) is 2.37. The minimum absolute atomic E-state index is 0.108. The van der Waals surface area contributed by atoms with Crippen LogP contribution in [0.3, 0.4) is 0 Å². The summed E-state index contributed by atoms with van der Waals surface area (Å²) in [6.07, 6.45) is 3.30. The Kier molecular flexibility index (Phi) is 3.64. The molecule has 19 heavy (non-hydrogen) atoms. The second-order valence-electron chi connectivity index (χ2n) is 4.59. The molecule has 0 bridgehead atoms. The topological polar surface area (TPSA) is 92.5 Å². The molecule has 0 saturated carbocycles. The van der Waals surface area contributed by atoms with Gasteiger partial charge >= 0.3 is 11.7 Å². The number of hydrogen-bond acceptors (Lipinski definition) is 4. The van der Waals surface area contributed by atoms with E-state index in [1.807, 2.05) is 0 Å². The zero-order valence-corrected chi connectivity index (χ0v) is 10.5. The molecule has 1 aliphatic heterocycles. The van der Waals surface area contributed by atoms with Crippen LogP contribution < -0.4 is 5.69 Å². The lowest BCUT2D eigenvalue weighted by atomic mass is 10.0. The molecule has 2 atom stereocenters. The van der Waals surface area contributed by atoms with Crippen LogP contribution in [0.25, 0.3) is 0 Å². The average Bonchev–Trinajstić information content (AvgIpc) is 2.74. The van der Waals surface area contributed by atoms with Gasteiger partial charge in [0.25, 0.3) is 0 Å². The van der Waals surface area contributed by atoms with Gasteiger partial charge in [-0.2, -0.15) is 0 Å². The highest BCUT2D eigenvalue weighted by atomic mass is 16.4. The highest BCUT2D eigenvalue weighted by Crippen LogP contribution is 2.24. The Morgan fingerprint density at radius 3 is 2.84 bits per heavy atom. The van der Waals surface area contributed by atoms with Crippen LogP contribution in [-0.2, 0) is 16.1 Å². The molecule has 2 unspecified atom stereocenters. The molecule has 0 aromatic carbocycles. The summed E-state index contributed by atoms with van der Waals surface area (Å²) in [7, 11) is 0. The third-order valence-electron chi connectivity index (χ3n) is 3.48. The summed E-state index contributed by atoms with van der Waals surface area (Å²) < 4.78 is 1.21. The standard InChI is InChI=1S/C12H15N3O4/c1-8-9(11(17)18)3-6-15(8)10(16)7-14-5-2-4-13-12(14)19/h2,4-5,8-9H,3,6-7H2,1H3,(H,17,18).